The number of amides is 1. The molecule has 0 bridgehead atoms. The van der Waals surface area contributed by atoms with Crippen molar-refractivity contribution in [2.24, 2.45) is 0 Å². The van der Waals surface area contributed by atoms with E-state index in [1.54, 1.807) is 61.7 Å². The van der Waals surface area contributed by atoms with Gasteiger partial charge in [0.15, 0.2) is 0 Å². The van der Waals surface area contributed by atoms with Gasteiger partial charge in [-0.2, -0.15) is 0 Å². The molecule has 0 aliphatic carbocycles. The number of carbonyl (C=O) groups is 1. The molecule has 0 aliphatic rings. The summed E-state index contributed by atoms with van der Waals surface area (Å²) in [5.74, 6) is 0.833. The third-order valence-electron chi connectivity index (χ3n) is 4.90. The molecule has 2 aromatic heterocycles. The van der Waals surface area contributed by atoms with E-state index in [2.05, 4.69) is 21.9 Å². The predicted molar refractivity (Wildman–Crippen MR) is 123 cm³/mol. The first kappa shape index (κ1) is 21.0. The average Bonchev–Trinajstić information content (AvgIpc) is 2.82. The second-order valence-electron chi connectivity index (χ2n) is 7.13. The van der Waals surface area contributed by atoms with Gasteiger partial charge in [0.1, 0.15) is 18.2 Å². The van der Waals surface area contributed by atoms with E-state index < -0.39 is 0 Å². The highest BCUT2D eigenvalue weighted by molar-refractivity contribution is 5.94. The maximum Gasteiger partial charge on any atom is 0.266 e. The van der Waals surface area contributed by atoms with Crippen LogP contribution in [0, 0.1) is 6.92 Å². The SMILES string of the molecule is C=CCOc1ccc2nc(C)n(-c3cccc(C(=O)NCc4ccccn4)c3)c(=O)c2c1. The molecule has 1 N–H and O–H groups in total. The third-order valence-corrected chi connectivity index (χ3v) is 4.90. The van der Waals surface area contributed by atoms with Gasteiger partial charge in [0.05, 0.1) is 28.8 Å². The smallest absolute Gasteiger partial charge is 0.266 e. The van der Waals surface area contributed by atoms with Gasteiger partial charge in [0.25, 0.3) is 11.5 Å². The van der Waals surface area contributed by atoms with Crippen LogP contribution in [0.4, 0.5) is 0 Å². The molecule has 7 nitrogen and oxygen atoms in total. The zero-order valence-corrected chi connectivity index (χ0v) is 17.6. The zero-order valence-electron chi connectivity index (χ0n) is 17.6. The van der Waals surface area contributed by atoms with Crippen LogP contribution in [0.5, 0.6) is 5.75 Å². The van der Waals surface area contributed by atoms with Crippen molar-refractivity contribution in [2.45, 2.75) is 13.5 Å². The van der Waals surface area contributed by atoms with Crippen LogP contribution >= 0.6 is 0 Å². The number of hydrogen-bond donors (Lipinski definition) is 1. The Bertz CT molecular complexity index is 1350. The van der Waals surface area contributed by atoms with Gasteiger partial charge in [0.2, 0.25) is 0 Å². The number of pyridine rings is 1. The number of aromatic nitrogens is 3. The van der Waals surface area contributed by atoms with E-state index in [0.29, 0.717) is 46.9 Å². The van der Waals surface area contributed by atoms with Gasteiger partial charge >= 0.3 is 0 Å². The lowest BCUT2D eigenvalue weighted by atomic mass is 10.1. The standard InChI is InChI=1S/C25H22N4O3/c1-3-13-32-21-10-11-23-22(15-21)25(31)29(17(2)28-23)20-9-6-7-18(14-20)24(30)27-16-19-8-4-5-12-26-19/h3-12,14-15H,1,13,16H2,2H3,(H,27,30). The molecule has 0 unspecified atom stereocenters. The Kier molecular flexibility index (Phi) is 6.07. The van der Waals surface area contributed by atoms with Crippen LogP contribution < -0.4 is 15.6 Å². The molecule has 4 rings (SSSR count). The minimum absolute atomic E-state index is 0.234. The fraction of sp³-hybridized carbons (Fsp3) is 0.120. The van der Waals surface area contributed by atoms with Crippen molar-refractivity contribution < 1.29 is 9.53 Å². The number of rotatable bonds is 7. The maximum absolute atomic E-state index is 13.3. The molecule has 32 heavy (non-hydrogen) atoms. The van der Waals surface area contributed by atoms with E-state index >= 15 is 0 Å². The van der Waals surface area contributed by atoms with Gasteiger partial charge in [-0.25, -0.2) is 4.98 Å². The molecule has 1 amide bonds. The van der Waals surface area contributed by atoms with Crippen LogP contribution in [0.1, 0.15) is 21.9 Å². The van der Waals surface area contributed by atoms with Crippen molar-refractivity contribution in [2.75, 3.05) is 6.61 Å². The normalized spacial score (nSPS) is 10.7. The molecular formula is C25H22N4O3. The second-order valence-corrected chi connectivity index (χ2v) is 7.13. The summed E-state index contributed by atoms with van der Waals surface area (Å²) in [5, 5.41) is 3.28. The number of nitrogens with zero attached hydrogens (tertiary/aromatic N) is 3. The predicted octanol–water partition coefficient (Wildman–Crippen LogP) is 3.58. The molecule has 4 aromatic rings. The molecule has 0 aliphatic heterocycles. The number of nitrogens with one attached hydrogen (secondary N) is 1. The van der Waals surface area contributed by atoms with Gasteiger partial charge < -0.3 is 10.1 Å². The van der Waals surface area contributed by atoms with Gasteiger partial charge in [-0.1, -0.05) is 24.8 Å². The molecule has 0 spiro atoms. The molecule has 0 saturated heterocycles. The molecular weight excluding hydrogens is 404 g/mol. The molecule has 0 fully saturated rings. The summed E-state index contributed by atoms with van der Waals surface area (Å²) in [7, 11) is 0. The Balaban J connectivity index is 1.67. The van der Waals surface area contributed by atoms with Gasteiger partial charge in [-0.15, -0.1) is 0 Å². The van der Waals surface area contributed by atoms with E-state index in [4.69, 9.17) is 4.74 Å². The lowest BCUT2D eigenvalue weighted by molar-refractivity contribution is 0.0950. The van der Waals surface area contributed by atoms with E-state index in [0.717, 1.165) is 5.69 Å². The first-order valence-corrected chi connectivity index (χ1v) is 10.1. The number of benzene rings is 2. The molecule has 0 saturated carbocycles. The number of ether oxygens (including phenoxy) is 1. The van der Waals surface area contributed by atoms with Crippen LogP contribution in [-0.2, 0) is 6.54 Å². The van der Waals surface area contributed by atoms with E-state index in [-0.39, 0.29) is 11.5 Å². The Morgan fingerprint density at radius 2 is 2.03 bits per heavy atom. The molecule has 0 radical (unpaired) electrons. The minimum Gasteiger partial charge on any atom is -0.490 e. The van der Waals surface area contributed by atoms with Crippen LogP contribution in [-0.4, -0.2) is 27.0 Å². The molecule has 0 atom stereocenters. The number of aryl methyl sites for hydroxylation is 1. The summed E-state index contributed by atoms with van der Waals surface area (Å²) >= 11 is 0. The topological polar surface area (TPSA) is 86.1 Å². The highest BCUT2D eigenvalue weighted by atomic mass is 16.5. The van der Waals surface area contributed by atoms with E-state index in [1.807, 2.05) is 18.2 Å². The van der Waals surface area contributed by atoms with Crippen LogP contribution in [0.25, 0.3) is 16.6 Å². The largest absolute Gasteiger partial charge is 0.490 e. The van der Waals surface area contributed by atoms with Crippen molar-refractivity contribution in [3.05, 3.63) is 107 Å². The van der Waals surface area contributed by atoms with E-state index in [1.165, 1.54) is 4.57 Å². The first-order valence-electron chi connectivity index (χ1n) is 10.1. The lowest BCUT2D eigenvalue weighted by Gasteiger charge is -2.13. The summed E-state index contributed by atoms with van der Waals surface area (Å²) in [5.41, 5.74) is 2.11. The summed E-state index contributed by atoms with van der Waals surface area (Å²) < 4.78 is 7.05. The maximum atomic E-state index is 13.3. The van der Waals surface area contributed by atoms with Crippen molar-refractivity contribution in [3.8, 4) is 11.4 Å². The number of hydrogen-bond acceptors (Lipinski definition) is 5. The van der Waals surface area contributed by atoms with Crippen LogP contribution in [0.2, 0.25) is 0 Å². The quantitative estimate of drug-likeness (QED) is 0.457. The van der Waals surface area contributed by atoms with Crippen molar-refractivity contribution in [1.29, 1.82) is 0 Å². The summed E-state index contributed by atoms with van der Waals surface area (Å²) in [6.45, 7) is 6.05. The summed E-state index contributed by atoms with van der Waals surface area (Å²) in [6, 6.07) is 17.6. The first-order chi connectivity index (χ1) is 15.6. The van der Waals surface area contributed by atoms with Crippen LogP contribution in [0.15, 0.2) is 84.3 Å². The Labute approximate surface area is 185 Å². The second kappa shape index (κ2) is 9.26. The lowest BCUT2D eigenvalue weighted by Crippen LogP contribution is -2.25. The van der Waals surface area contributed by atoms with E-state index in [9.17, 15) is 9.59 Å². The summed E-state index contributed by atoms with van der Waals surface area (Å²) in [6.07, 6.45) is 3.32. The molecule has 2 aromatic carbocycles. The Morgan fingerprint density at radius 1 is 1.16 bits per heavy atom. The molecule has 160 valence electrons. The third kappa shape index (κ3) is 4.41. The monoisotopic (exact) mass is 426 g/mol. The Morgan fingerprint density at radius 3 is 2.81 bits per heavy atom. The average molecular weight is 426 g/mol. The van der Waals surface area contributed by atoms with Gasteiger partial charge in [-0.05, 0) is 55.5 Å². The number of carbonyl (C=O) groups excluding carboxylic acids is 1. The van der Waals surface area contributed by atoms with Crippen LogP contribution in [0.3, 0.4) is 0 Å². The van der Waals surface area contributed by atoms with Crippen molar-refractivity contribution >= 4 is 16.8 Å². The fourth-order valence-corrected chi connectivity index (χ4v) is 3.39. The fourth-order valence-electron chi connectivity index (χ4n) is 3.39. The Hall–Kier alpha value is -4.26. The molecule has 7 heteroatoms. The highest BCUT2D eigenvalue weighted by Crippen LogP contribution is 2.19. The highest BCUT2D eigenvalue weighted by Gasteiger charge is 2.13. The van der Waals surface area contributed by atoms with Gasteiger partial charge in [0, 0.05) is 11.8 Å². The van der Waals surface area contributed by atoms with Gasteiger partial charge in [-0.3, -0.25) is 19.1 Å². The minimum atomic E-state index is -0.253. The zero-order chi connectivity index (χ0) is 22.5. The summed E-state index contributed by atoms with van der Waals surface area (Å²) in [4.78, 5) is 34.7. The molecule has 2 heterocycles. The van der Waals surface area contributed by atoms with Crippen molar-refractivity contribution in [3.63, 3.8) is 0 Å². The van der Waals surface area contributed by atoms with Crippen molar-refractivity contribution in [1.82, 2.24) is 19.9 Å². The number of fused-ring (bicyclic) bond motifs is 1.